The predicted octanol–water partition coefficient (Wildman–Crippen LogP) is 2.91. The van der Waals surface area contributed by atoms with E-state index in [0.717, 1.165) is 27.2 Å². The molecule has 1 amide bonds. The summed E-state index contributed by atoms with van der Waals surface area (Å²) in [7, 11) is 1.34. The van der Waals surface area contributed by atoms with Gasteiger partial charge in [-0.1, -0.05) is 48.0 Å². The van der Waals surface area contributed by atoms with Gasteiger partial charge in [-0.25, -0.2) is 4.79 Å². The number of amides is 1. The zero-order valence-electron chi connectivity index (χ0n) is 17.2. The van der Waals surface area contributed by atoms with E-state index in [1.165, 1.54) is 13.1 Å². The summed E-state index contributed by atoms with van der Waals surface area (Å²) in [6.45, 7) is -0.483. The monoisotopic (exact) mass is 481 g/mol. The normalized spacial score (nSPS) is 11.3. The maximum atomic E-state index is 13.3. The van der Waals surface area contributed by atoms with Gasteiger partial charge < -0.3 is 16.0 Å². The van der Waals surface area contributed by atoms with Crippen molar-refractivity contribution in [1.82, 2.24) is 9.55 Å². The SMILES string of the molecule is CN(CC(=O)Nc1c(Cl)cccc1C(F)(F)F)c1c(N)n(Cc2ccccc2)c(=O)[nH]c1=O. The van der Waals surface area contributed by atoms with Crippen molar-refractivity contribution < 1.29 is 18.0 Å². The number of hydrogen-bond acceptors (Lipinski definition) is 5. The molecular formula is C21H19ClF3N5O3. The number of nitrogens with zero attached hydrogens (tertiary/aromatic N) is 2. The van der Waals surface area contributed by atoms with Gasteiger partial charge in [0.05, 0.1) is 29.4 Å². The molecule has 2 aromatic carbocycles. The van der Waals surface area contributed by atoms with E-state index in [1.54, 1.807) is 30.3 Å². The fourth-order valence-corrected chi connectivity index (χ4v) is 3.45. The Hall–Kier alpha value is -3.73. The van der Waals surface area contributed by atoms with Gasteiger partial charge in [0.15, 0.2) is 0 Å². The highest BCUT2D eigenvalue weighted by atomic mass is 35.5. The van der Waals surface area contributed by atoms with Crippen molar-refractivity contribution >= 4 is 34.7 Å². The molecule has 0 saturated carbocycles. The van der Waals surface area contributed by atoms with Gasteiger partial charge in [0.25, 0.3) is 5.56 Å². The molecule has 0 bridgehead atoms. The van der Waals surface area contributed by atoms with Gasteiger partial charge in [-0.05, 0) is 17.7 Å². The molecule has 0 atom stereocenters. The second kappa shape index (κ2) is 9.41. The minimum Gasteiger partial charge on any atom is -0.383 e. The lowest BCUT2D eigenvalue weighted by atomic mass is 10.1. The van der Waals surface area contributed by atoms with E-state index in [2.05, 4.69) is 10.3 Å². The van der Waals surface area contributed by atoms with Crippen LogP contribution < -0.4 is 27.2 Å². The van der Waals surface area contributed by atoms with Crippen LogP contribution in [0.25, 0.3) is 0 Å². The van der Waals surface area contributed by atoms with E-state index in [9.17, 15) is 27.6 Å². The molecule has 0 radical (unpaired) electrons. The predicted molar refractivity (Wildman–Crippen MR) is 120 cm³/mol. The van der Waals surface area contributed by atoms with Crippen LogP contribution in [0.15, 0.2) is 58.1 Å². The number of carbonyl (C=O) groups is 1. The Morgan fingerprint density at radius 1 is 1.15 bits per heavy atom. The lowest BCUT2D eigenvalue weighted by molar-refractivity contribution is -0.137. The summed E-state index contributed by atoms with van der Waals surface area (Å²) >= 11 is 5.86. The molecule has 33 heavy (non-hydrogen) atoms. The Kier molecular flexibility index (Phi) is 6.82. The van der Waals surface area contributed by atoms with Gasteiger partial charge in [0, 0.05) is 7.05 Å². The van der Waals surface area contributed by atoms with Gasteiger partial charge in [0.1, 0.15) is 11.5 Å². The Bertz CT molecular complexity index is 1290. The summed E-state index contributed by atoms with van der Waals surface area (Å²) in [4.78, 5) is 40.4. The first kappa shape index (κ1) is 23.9. The summed E-state index contributed by atoms with van der Waals surface area (Å²) < 4.78 is 40.9. The lowest BCUT2D eigenvalue weighted by Gasteiger charge is -2.22. The molecule has 8 nitrogen and oxygen atoms in total. The van der Waals surface area contributed by atoms with E-state index in [0.29, 0.717) is 0 Å². The topological polar surface area (TPSA) is 113 Å². The molecule has 174 valence electrons. The van der Waals surface area contributed by atoms with Crippen molar-refractivity contribution in [2.45, 2.75) is 12.7 Å². The molecule has 0 unspecified atom stereocenters. The number of para-hydroxylation sites is 1. The van der Waals surface area contributed by atoms with E-state index in [4.69, 9.17) is 17.3 Å². The van der Waals surface area contributed by atoms with Crippen LogP contribution in [-0.4, -0.2) is 29.1 Å². The van der Waals surface area contributed by atoms with Crippen LogP contribution in [0.2, 0.25) is 5.02 Å². The lowest BCUT2D eigenvalue weighted by Crippen LogP contribution is -2.40. The number of aromatic amines is 1. The van der Waals surface area contributed by atoms with Crippen molar-refractivity contribution in [3.63, 3.8) is 0 Å². The number of H-pyrrole nitrogens is 1. The highest BCUT2D eigenvalue weighted by Gasteiger charge is 2.35. The standard InChI is InChI=1S/C21H19ClF3N5O3/c1-29(11-15(31)27-16-13(21(23,24)25)8-5-9-14(16)22)17-18(26)30(20(33)28-19(17)32)10-12-6-3-2-4-7-12/h2-9H,10-11,26H2,1H3,(H,27,31)(H,28,32,33). The maximum absolute atomic E-state index is 13.3. The summed E-state index contributed by atoms with van der Waals surface area (Å²) in [6.07, 6.45) is -4.74. The van der Waals surface area contributed by atoms with Crippen LogP contribution in [0.3, 0.4) is 0 Å². The number of aromatic nitrogens is 2. The van der Waals surface area contributed by atoms with Gasteiger partial charge in [0.2, 0.25) is 5.91 Å². The van der Waals surface area contributed by atoms with E-state index >= 15 is 0 Å². The average Bonchev–Trinajstić information content (AvgIpc) is 2.72. The van der Waals surface area contributed by atoms with Crippen molar-refractivity contribution in [3.05, 3.63) is 85.5 Å². The van der Waals surface area contributed by atoms with Crippen LogP contribution in [-0.2, 0) is 17.5 Å². The maximum Gasteiger partial charge on any atom is 0.418 e. The van der Waals surface area contributed by atoms with Crippen LogP contribution >= 0.6 is 11.6 Å². The largest absolute Gasteiger partial charge is 0.418 e. The summed E-state index contributed by atoms with van der Waals surface area (Å²) in [5.74, 6) is -1.08. The zero-order valence-corrected chi connectivity index (χ0v) is 18.0. The first-order valence-corrected chi connectivity index (χ1v) is 9.90. The third-order valence-electron chi connectivity index (χ3n) is 4.74. The molecule has 1 heterocycles. The van der Waals surface area contributed by atoms with Crippen molar-refractivity contribution in [3.8, 4) is 0 Å². The highest BCUT2D eigenvalue weighted by molar-refractivity contribution is 6.34. The van der Waals surface area contributed by atoms with E-state index in [-0.39, 0.29) is 23.1 Å². The average molecular weight is 482 g/mol. The molecule has 0 spiro atoms. The fourth-order valence-electron chi connectivity index (χ4n) is 3.23. The zero-order chi connectivity index (χ0) is 24.3. The Morgan fingerprint density at radius 3 is 2.45 bits per heavy atom. The van der Waals surface area contributed by atoms with Gasteiger partial charge in [-0.2, -0.15) is 13.2 Å². The molecule has 0 aliphatic carbocycles. The smallest absolute Gasteiger partial charge is 0.383 e. The number of nitrogen functional groups attached to an aromatic ring is 1. The fraction of sp³-hybridized carbons (Fsp3) is 0.190. The van der Waals surface area contributed by atoms with Crippen LogP contribution in [0.4, 0.5) is 30.4 Å². The first-order chi connectivity index (χ1) is 15.5. The number of rotatable bonds is 6. The number of anilines is 3. The third kappa shape index (κ3) is 5.37. The van der Waals surface area contributed by atoms with Gasteiger partial charge in [-0.15, -0.1) is 0 Å². The van der Waals surface area contributed by atoms with E-state index in [1.807, 2.05) is 0 Å². The number of alkyl halides is 3. The first-order valence-electron chi connectivity index (χ1n) is 9.52. The number of benzene rings is 2. The number of likely N-dealkylation sites (N-methyl/N-ethyl adjacent to an activating group) is 1. The van der Waals surface area contributed by atoms with Crippen molar-refractivity contribution in [1.29, 1.82) is 0 Å². The van der Waals surface area contributed by atoms with Crippen molar-refractivity contribution in [2.24, 2.45) is 0 Å². The number of carbonyl (C=O) groups excluding carboxylic acids is 1. The molecule has 0 aliphatic rings. The summed E-state index contributed by atoms with van der Waals surface area (Å²) in [5, 5.41) is 1.84. The Balaban J connectivity index is 1.87. The molecule has 0 aliphatic heterocycles. The minimum atomic E-state index is -4.74. The number of nitrogens with one attached hydrogen (secondary N) is 2. The van der Waals surface area contributed by atoms with Crippen molar-refractivity contribution in [2.75, 3.05) is 29.5 Å². The quantitative estimate of drug-likeness (QED) is 0.501. The van der Waals surface area contributed by atoms with Gasteiger partial charge >= 0.3 is 11.9 Å². The molecular weight excluding hydrogens is 463 g/mol. The summed E-state index contributed by atoms with van der Waals surface area (Å²) in [6, 6.07) is 12.0. The Morgan fingerprint density at radius 2 is 1.82 bits per heavy atom. The highest BCUT2D eigenvalue weighted by Crippen LogP contribution is 2.38. The minimum absolute atomic E-state index is 0.0594. The van der Waals surface area contributed by atoms with Crippen LogP contribution in [0, 0.1) is 0 Å². The molecule has 0 saturated heterocycles. The van der Waals surface area contributed by atoms with E-state index < -0.39 is 41.1 Å². The number of halogens is 4. The molecule has 1 aromatic heterocycles. The molecule has 12 heteroatoms. The summed E-state index contributed by atoms with van der Waals surface area (Å²) in [5.41, 5.74) is 3.33. The van der Waals surface area contributed by atoms with Crippen LogP contribution in [0.5, 0.6) is 0 Å². The third-order valence-corrected chi connectivity index (χ3v) is 5.06. The number of hydrogen-bond donors (Lipinski definition) is 3. The molecule has 3 aromatic rings. The number of nitrogens with two attached hydrogens (primary N) is 1. The second-order valence-electron chi connectivity index (χ2n) is 7.13. The Labute approximate surface area is 190 Å². The molecule has 0 fully saturated rings. The van der Waals surface area contributed by atoms with Gasteiger partial charge in [-0.3, -0.25) is 19.1 Å². The molecule has 4 N–H and O–H groups in total. The second-order valence-corrected chi connectivity index (χ2v) is 7.54. The van der Waals surface area contributed by atoms with Crippen LogP contribution in [0.1, 0.15) is 11.1 Å². The molecule has 3 rings (SSSR count).